The number of aromatic nitrogens is 4. The fraction of sp³-hybridized carbons (Fsp3) is 0.300. The first kappa shape index (κ1) is 18.5. The molecule has 7 nitrogen and oxygen atoms in total. The summed E-state index contributed by atoms with van der Waals surface area (Å²) in [6.07, 6.45) is 3.70. The third kappa shape index (κ3) is 4.17. The molecule has 1 amide bonds. The van der Waals surface area contributed by atoms with Crippen molar-refractivity contribution in [2.45, 2.75) is 36.6 Å². The van der Waals surface area contributed by atoms with Crippen molar-refractivity contribution in [3.05, 3.63) is 59.4 Å². The van der Waals surface area contributed by atoms with E-state index in [-0.39, 0.29) is 5.91 Å². The van der Waals surface area contributed by atoms with Gasteiger partial charge in [0.1, 0.15) is 10.8 Å². The second-order valence-electron chi connectivity index (χ2n) is 6.67. The normalized spacial score (nSPS) is 13.4. The van der Waals surface area contributed by atoms with E-state index in [2.05, 4.69) is 20.6 Å². The molecule has 0 atom stereocenters. The smallest absolute Gasteiger partial charge is 0.254 e. The molecule has 1 N–H and O–H groups in total. The molecule has 2 aromatic heterocycles. The molecule has 4 rings (SSSR count). The average molecular weight is 395 g/mol. The van der Waals surface area contributed by atoms with Crippen LogP contribution in [0.3, 0.4) is 0 Å². The van der Waals surface area contributed by atoms with E-state index in [1.807, 2.05) is 43.3 Å². The Morgan fingerprint density at radius 1 is 1.21 bits per heavy atom. The van der Waals surface area contributed by atoms with E-state index < -0.39 is 0 Å². The van der Waals surface area contributed by atoms with Gasteiger partial charge < -0.3 is 10.1 Å². The maximum absolute atomic E-state index is 12.3. The Morgan fingerprint density at radius 2 is 2.00 bits per heavy atom. The second-order valence-corrected chi connectivity index (χ2v) is 7.67. The summed E-state index contributed by atoms with van der Waals surface area (Å²) < 4.78 is 6.82. The number of hydrogen-bond donors (Lipinski definition) is 1. The first-order valence-corrected chi connectivity index (χ1v) is 10.1. The molecule has 8 heteroatoms. The molecule has 28 heavy (non-hydrogen) atoms. The quantitative estimate of drug-likeness (QED) is 0.619. The van der Waals surface area contributed by atoms with Crippen molar-refractivity contribution in [1.29, 1.82) is 0 Å². The number of rotatable bonds is 7. The largest absolute Gasteiger partial charge is 0.497 e. The van der Waals surface area contributed by atoms with E-state index in [1.165, 1.54) is 5.56 Å². The monoisotopic (exact) mass is 395 g/mol. The van der Waals surface area contributed by atoms with Crippen LogP contribution in [0.2, 0.25) is 0 Å². The molecule has 0 spiro atoms. The van der Waals surface area contributed by atoms with Crippen LogP contribution in [0.4, 0.5) is 0 Å². The Bertz CT molecular complexity index is 965. The predicted molar refractivity (Wildman–Crippen MR) is 107 cm³/mol. The van der Waals surface area contributed by atoms with Crippen molar-refractivity contribution in [3.8, 4) is 11.6 Å². The van der Waals surface area contributed by atoms with E-state index in [4.69, 9.17) is 4.74 Å². The standard InChI is InChI=1S/C20H21N5O2S/c1-13-17(20(26)22-15-5-6-15)11-21-25(13)18-9-10-19(24-23-18)28-12-14-3-7-16(27-2)8-4-14/h3-4,7-11,15H,5-6,12H2,1-2H3,(H,22,26). The Morgan fingerprint density at radius 3 is 2.64 bits per heavy atom. The maximum atomic E-state index is 12.3. The van der Waals surface area contributed by atoms with Gasteiger partial charge >= 0.3 is 0 Å². The summed E-state index contributed by atoms with van der Waals surface area (Å²) in [4.78, 5) is 12.3. The predicted octanol–water partition coefficient (Wildman–Crippen LogP) is 3.16. The molecule has 0 aliphatic heterocycles. The number of carbonyl (C=O) groups excluding carboxylic acids is 1. The zero-order valence-electron chi connectivity index (χ0n) is 15.8. The lowest BCUT2D eigenvalue weighted by atomic mass is 10.2. The molecule has 3 aromatic rings. The number of amides is 1. The number of methoxy groups -OCH3 is 1. The topological polar surface area (TPSA) is 81.9 Å². The molecule has 1 aliphatic rings. The highest BCUT2D eigenvalue weighted by atomic mass is 32.2. The molecule has 1 fully saturated rings. The fourth-order valence-corrected chi connectivity index (χ4v) is 3.51. The number of hydrogen-bond acceptors (Lipinski definition) is 6. The van der Waals surface area contributed by atoms with E-state index in [1.54, 1.807) is 29.8 Å². The van der Waals surface area contributed by atoms with Crippen LogP contribution in [-0.2, 0) is 5.75 Å². The van der Waals surface area contributed by atoms with Crippen molar-refractivity contribution in [3.63, 3.8) is 0 Å². The van der Waals surface area contributed by atoms with Gasteiger partial charge in [0.05, 0.1) is 24.6 Å². The molecule has 0 radical (unpaired) electrons. The summed E-state index contributed by atoms with van der Waals surface area (Å²) >= 11 is 1.61. The molecule has 2 heterocycles. The SMILES string of the molecule is COc1ccc(CSc2ccc(-n3ncc(C(=O)NC4CC4)c3C)nn2)cc1. The van der Waals surface area contributed by atoms with Crippen molar-refractivity contribution < 1.29 is 9.53 Å². The molecular formula is C20H21N5O2S. The first-order chi connectivity index (χ1) is 13.6. The highest BCUT2D eigenvalue weighted by molar-refractivity contribution is 7.98. The number of ether oxygens (including phenoxy) is 1. The van der Waals surface area contributed by atoms with Crippen molar-refractivity contribution >= 4 is 17.7 Å². The van der Waals surface area contributed by atoms with Gasteiger partial charge in [-0.1, -0.05) is 23.9 Å². The van der Waals surface area contributed by atoms with Gasteiger partial charge in [0.2, 0.25) is 0 Å². The number of thioether (sulfide) groups is 1. The zero-order valence-corrected chi connectivity index (χ0v) is 16.6. The fourth-order valence-electron chi connectivity index (χ4n) is 2.74. The third-order valence-electron chi connectivity index (χ3n) is 4.56. The molecule has 1 aromatic carbocycles. The molecule has 0 saturated heterocycles. The van der Waals surface area contributed by atoms with Crippen LogP contribution < -0.4 is 10.1 Å². The number of benzene rings is 1. The molecule has 0 bridgehead atoms. The molecular weight excluding hydrogens is 374 g/mol. The summed E-state index contributed by atoms with van der Waals surface area (Å²) in [7, 11) is 1.66. The van der Waals surface area contributed by atoms with Crippen LogP contribution in [-0.4, -0.2) is 39.0 Å². The van der Waals surface area contributed by atoms with E-state index >= 15 is 0 Å². The van der Waals surface area contributed by atoms with Crippen molar-refractivity contribution in [2.24, 2.45) is 0 Å². The van der Waals surface area contributed by atoms with Gasteiger partial charge in [-0.3, -0.25) is 4.79 Å². The van der Waals surface area contributed by atoms with Crippen LogP contribution in [0.25, 0.3) is 5.82 Å². The summed E-state index contributed by atoms with van der Waals surface area (Å²) in [5.41, 5.74) is 2.52. The molecule has 1 aliphatic carbocycles. The first-order valence-electron chi connectivity index (χ1n) is 9.09. The van der Waals surface area contributed by atoms with Gasteiger partial charge in [-0.2, -0.15) is 5.10 Å². The summed E-state index contributed by atoms with van der Waals surface area (Å²) in [6, 6.07) is 12.1. The van der Waals surface area contributed by atoms with Crippen LogP contribution >= 0.6 is 11.8 Å². The number of nitrogens with one attached hydrogen (secondary N) is 1. The minimum absolute atomic E-state index is 0.0779. The minimum atomic E-state index is -0.0779. The lowest BCUT2D eigenvalue weighted by Crippen LogP contribution is -2.25. The number of carbonyl (C=O) groups is 1. The lowest BCUT2D eigenvalue weighted by molar-refractivity contribution is 0.0950. The van der Waals surface area contributed by atoms with Crippen LogP contribution in [0.1, 0.15) is 34.5 Å². The Kier molecular flexibility index (Phi) is 5.29. The summed E-state index contributed by atoms with van der Waals surface area (Å²) in [5.74, 6) is 2.16. The van der Waals surface area contributed by atoms with Gasteiger partial charge in [-0.15, -0.1) is 10.2 Å². The van der Waals surface area contributed by atoms with Gasteiger partial charge in [0.25, 0.3) is 5.91 Å². The lowest BCUT2D eigenvalue weighted by Gasteiger charge is -2.06. The van der Waals surface area contributed by atoms with Gasteiger partial charge in [-0.05, 0) is 49.6 Å². The van der Waals surface area contributed by atoms with Gasteiger partial charge in [-0.25, -0.2) is 4.68 Å². The van der Waals surface area contributed by atoms with Gasteiger partial charge in [0, 0.05) is 11.8 Å². The van der Waals surface area contributed by atoms with Crippen molar-refractivity contribution in [1.82, 2.24) is 25.3 Å². The van der Waals surface area contributed by atoms with Crippen LogP contribution in [0, 0.1) is 6.92 Å². The summed E-state index contributed by atoms with van der Waals surface area (Å²) in [5, 5.41) is 16.7. The highest BCUT2D eigenvalue weighted by Crippen LogP contribution is 2.23. The zero-order chi connectivity index (χ0) is 19.5. The molecule has 1 saturated carbocycles. The van der Waals surface area contributed by atoms with Crippen molar-refractivity contribution in [2.75, 3.05) is 7.11 Å². The van der Waals surface area contributed by atoms with Gasteiger partial charge in [0.15, 0.2) is 5.82 Å². The maximum Gasteiger partial charge on any atom is 0.254 e. The van der Waals surface area contributed by atoms with E-state index in [0.29, 0.717) is 17.4 Å². The van der Waals surface area contributed by atoms with E-state index in [0.717, 1.165) is 35.1 Å². The Hall–Kier alpha value is -2.87. The number of nitrogens with zero attached hydrogens (tertiary/aromatic N) is 4. The highest BCUT2D eigenvalue weighted by Gasteiger charge is 2.25. The molecule has 144 valence electrons. The minimum Gasteiger partial charge on any atom is -0.497 e. The van der Waals surface area contributed by atoms with Crippen LogP contribution in [0.5, 0.6) is 5.75 Å². The second kappa shape index (κ2) is 8.02. The Labute approximate surface area is 167 Å². The third-order valence-corrected chi connectivity index (χ3v) is 5.55. The summed E-state index contributed by atoms with van der Waals surface area (Å²) in [6.45, 7) is 1.86. The average Bonchev–Trinajstić information content (AvgIpc) is 3.46. The van der Waals surface area contributed by atoms with Crippen LogP contribution in [0.15, 0.2) is 47.6 Å². The molecule has 0 unspecified atom stereocenters. The van der Waals surface area contributed by atoms with E-state index in [9.17, 15) is 4.79 Å². The Balaban J connectivity index is 1.41.